The molecule has 1 atom stereocenters. The molecule has 6 heteroatoms. The smallest absolute Gasteiger partial charge is 0.221 e. The highest BCUT2D eigenvalue weighted by Gasteiger charge is 2.29. The normalized spacial score (nSPS) is 13.6. The zero-order valence-electron chi connectivity index (χ0n) is 11.1. The first-order chi connectivity index (χ1) is 9.99. The molecule has 0 radical (unpaired) electrons. The second-order valence-corrected chi connectivity index (χ2v) is 4.80. The van der Waals surface area contributed by atoms with Crippen LogP contribution in [0.1, 0.15) is 22.8 Å². The second kappa shape index (κ2) is 4.78. The van der Waals surface area contributed by atoms with Gasteiger partial charge in [0.15, 0.2) is 11.5 Å². The van der Waals surface area contributed by atoms with Crippen LogP contribution in [0.3, 0.4) is 0 Å². The number of carbonyl (C=O) groups excluding carboxylic acids is 2. The van der Waals surface area contributed by atoms with Gasteiger partial charge in [-0.1, -0.05) is 24.3 Å². The Morgan fingerprint density at radius 3 is 2.43 bits per heavy atom. The standard InChI is InChI=1S/C15H12N2O4/c1-8(18)16-13-6-12-11(7-14(13)17(20)21)9-4-2-3-5-10(9)15(12)19/h2-7,17,20H,1H3,(H,16,18). The monoisotopic (exact) mass is 284 g/mol. The minimum atomic E-state index is -1.15. The Labute approximate surface area is 120 Å². The van der Waals surface area contributed by atoms with E-state index in [0.29, 0.717) is 16.7 Å². The third-order valence-electron chi connectivity index (χ3n) is 3.41. The molecule has 0 saturated heterocycles. The maximum absolute atomic E-state index is 12.3. The first-order valence-corrected chi connectivity index (χ1v) is 6.32. The summed E-state index contributed by atoms with van der Waals surface area (Å²) in [5.74, 6) is -0.551. The highest BCUT2D eigenvalue weighted by molar-refractivity contribution is 6.22. The Kier molecular flexibility index (Phi) is 3.06. The predicted molar refractivity (Wildman–Crippen MR) is 75.4 cm³/mol. The van der Waals surface area contributed by atoms with Crippen LogP contribution in [-0.2, 0) is 4.79 Å². The van der Waals surface area contributed by atoms with Gasteiger partial charge in [-0.2, -0.15) is 5.23 Å². The molecule has 106 valence electrons. The molecule has 3 rings (SSSR count). The molecule has 21 heavy (non-hydrogen) atoms. The molecule has 0 bridgehead atoms. The van der Waals surface area contributed by atoms with Gasteiger partial charge in [0.05, 0.1) is 0 Å². The van der Waals surface area contributed by atoms with E-state index in [1.807, 2.05) is 0 Å². The Morgan fingerprint density at radius 1 is 1.14 bits per heavy atom. The van der Waals surface area contributed by atoms with Crippen molar-refractivity contribution < 1.29 is 20.0 Å². The molecular weight excluding hydrogens is 272 g/mol. The van der Waals surface area contributed by atoms with Crippen molar-refractivity contribution in [2.24, 2.45) is 0 Å². The lowest BCUT2D eigenvalue weighted by molar-refractivity contribution is -0.990. The lowest BCUT2D eigenvalue weighted by atomic mass is 10.0. The Balaban J connectivity index is 2.24. The fourth-order valence-electron chi connectivity index (χ4n) is 2.54. The van der Waals surface area contributed by atoms with Gasteiger partial charge >= 0.3 is 0 Å². The number of benzene rings is 2. The van der Waals surface area contributed by atoms with Gasteiger partial charge in [-0.25, -0.2) is 5.21 Å². The maximum atomic E-state index is 12.3. The number of carbonyl (C=O) groups is 2. The molecule has 1 unspecified atom stereocenters. The summed E-state index contributed by atoms with van der Waals surface area (Å²) < 4.78 is 0. The van der Waals surface area contributed by atoms with Crippen LogP contribution >= 0.6 is 0 Å². The van der Waals surface area contributed by atoms with E-state index in [1.165, 1.54) is 19.1 Å². The highest BCUT2D eigenvalue weighted by Crippen LogP contribution is 2.39. The summed E-state index contributed by atoms with van der Waals surface area (Å²) in [6.07, 6.45) is 0. The van der Waals surface area contributed by atoms with E-state index in [4.69, 9.17) is 0 Å². The molecule has 2 aromatic rings. The van der Waals surface area contributed by atoms with E-state index < -0.39 is 5.23 Å². The number of hydrogen-bond acceptors (Lipinski definition) is 4. The van der Waals surface area contributed by atoms with Crippen LogP contribution in [0.4, 0.5) is 11.4 Å². The molecule has 1 amide bonds. The fraction of sp³-hybridized carbons (Fsp3) is 0.0667. The SMILES string of the molecule is CC(=O)Nc1cc2c(cc1[NH+]([O-])O)-c1ccccc1C2=O. The van der Waals surface area contributed by atoms with Crippen LogP contribution in [0.25, 0.3) is 11.1 Å². The number of nitrogens with one attached hydrogen (secondary N) is 2. The topological polar surface area (TPSA) is 93.9 Å². The van der Waals surface area contributed by atoms with Gasteiger partial charge < -0.3 is 10.5 Å². The summed E-state index contributed by atoms with van der Waals surface area (Å²) in [6.45, 7) is 1.29. The average molecular weight is 284 g/mol. The molecule has 0 fully saturated rings. The van der Waals surface area contributed by atoms with E-state index in [2.05, 4.69) is 5.32 Å². The molecule has 1 aliphatic rings. The first kappa shape index (κ1) is 13.4. The number of anilines is 1. The number of rotatable bonds is 2. The van der Waals surface area contributed by atoms with Gasteiger partial charge in [0.2, 0.25) is 5.91 Å². The number of fused-ring (bicyclic) bond motifs is 3. The second-order valence-electron chi connectivity index (χ2n) is 4.80. The largest absolute Gasteiger partial charge is 0.595 e. The van der Waals surface area contributed by atoms with Crippen LogP contribution in [0.15, 0.2) is 36.4 Å². The van der Waals surface area contributed by atoms with Crippen molar-refractivity contribution in [3.63, 3.8) is 0 Å². The first-order valence-electron chi connectivity index (χ1n) is 6.32. The summed E-state index contributed by atoms with van der Waals surface area (Å²) >= 11 is 0. The van der Waals surface area contributed by atoms with Crippen LogP contribution in [0.2, 0.25) is 0 Å². The molecule has 0 spiro atoms. The number of ketones is 1. The van der Waals surface area contributed by atoms with Gasteiger partial charge in [0.1, 0.15) is 5.69 Å². The Bertz CT molecular complexity index is 768. The molecule has 0 saturated carbocycles. The number of hydrogen-bond donors (Lipinski definition) is 3. The fourth-order valence-corrected chi connectivity index (χ4v) is 2.54. The molecule has 1 aliphatic carbocycles. The summed E-state index contributed by atoms with van der Waals surface area (Å²) in [7, 11) is 0. The molecular formula is C15H12N2O4. The van der Waals surface area contributed by atoms with E-state index in [1.54, 1.807) is 24.3 Å². The predicted octanol–water partition coefficient (Wildman–Crippen LogP) is 1.26. The summed E-state index contributed by atoms with van der Waals surface area (Å²) in [5.41, 5.74) is 2.36. The number of quaternary nitrogens is 1. The highest BCUT2D eigenvalue weighted by atomic mass is 16.8. The van der Waals surface area contributed by atoms with E-state index in [0.717, 1.165) is 5.56 Å². The van der Waals surface area contributed by atoms with Crippen LogP contribution in [0, 0.1) is 5.21 Å². The third kappa shape index (κ3) is 2.11. The van der Waals surface area contributed by atoms with Crippen molar-refractivity contribution in [1.82, 2.24) is 0 Å². The molecule has 2 aromatic carbocycles. The summed E-state index contributed by atoms with van der Waals surface area (Å²) in [6, 6.07) is 9.91. The zero-order chi connectivity index (χ0) is 15.1. The van der Waals surface area contributed by atoms with Gasteiger partial charge in [-0.05, 0) is 17.2 Å². The van der Waals surface area contributed by atoms with Gasteiger partial charge in [0.25, 0.3) is 0 Å². The average Bonchev–Trinajstić information content (AvgIpc) is 2.71. The maximum Gasteiger partial charge on any atom is 0.221 e. The van der Waals surface area contributed by atoms with Crippen molar-refractivity contribution in [3.05, 3.63) is 52.7 Å². The van der Waals surface area contributed by atoms with Crippen molar-refractivity contribution in [2.45, 2.75) is 6.92 Å². The van der Waals surface area contributed by atoms with Crippen molar-refractivity contribution in [2.75, 3.05) is 5.32 Å². The molecule has 0 heterocycles. The molecule has 3 N–H and O–H groups in total. The number of amides is 1. The van der Waals surface area contributed by atoms with Crippen LogP contribution in [0.5, 0.6) is 0 Å². The van der Waals surface area contributed by atoms with E-state index in [9.17, 15) is 20.0 Å². The van der Waals surface area contributed by atoms with Crippen LogP contribution in [-0.4, -0.2) is 16.9 Å². The zero-order valence-corrected chi connectivity index (χ0v) is 11.1. The van der Waals surface area contributed by atoms with Gasteiger partial charge in [-0.3, -0.25) is 9.59 Å². The quantitative estimate of drug-likeness (QED) is 0.617. The van der Waals surface area contributed by atoms with E-state index >= 15 is 0 Å². The third-order valence-corrected chi connectivity index (χ3v) is 3.41. The Hall–Kier alpha value is -2.54. The lowest BCUT2D eigenvalue weighted by Crippen LogP contribution is -2.99. The Morgan fingerprint density at radius 2 is 1.81 bits per heavy atom. The van der Waals surface area contributed by atoms with Gasteiger partial charge in [0, 0.05) is 24.1 Å². The minimum absolute atomic E-state index is 0.0338. The molecule has 0 aliphatic heterocycles. The van der Waals surface area contributed by atoms with Crippen molar-refractivity contribution in [3.8, 4) is 11.1 Å². The van der Waals surface area contributed by atoms with E-state index in [-0.39, 0.29) is 23.1 Å². The summed E-state index contributed by atoms with van der Waals surface area (Å²) in [5, 5.41) is 22.0. The lowest BCUT2D eigenvalue weighted by Gasteiger charge is -2.17. The van der Waals surface area contributed by atoms with Gasteiger partial charge in [-0.15, -0.1) is 0 Å². The molecule has 6 nitrogen and oxygen atoms in total. The van der Waals surface area contributed by atoms with Crippen molar-refractivity contribution in [1.29, 1.82) is 0 Å². The summed E-state index contributed by atoms with van der Waals surface area (Å²) in [4.78, 5) is 23.5. The minimum Gasteiger partial charge on any atom is -0.595 e. The molecule has 0 aromatic heterocycles. The van der Waals surface area contributed by atoms with Crippen molar-refractivity contribution >= 4 is 23.1 Å². The van der Waals surface area contributed by atoms with Crippen LogP contribution < -0.4 is 10.5 Å².